The third-order valence-electron chi connectivity index (χ3n) is 5.62. The Hall–Kier alpha value is -0.860. The summed E-state index contributed by atoms with van der Waals surface area (Å²) in [4.78, 5) is 2.42. The quantitative estimate of drug-likeness (QED) is 0.914. The molecule has 2 nitrogen and oxygen atoms in total. The molecule has 1 aliphatic heterocycles. The molecule has 1 aromatic rings. The normalized spacial score (nSPS) is 30.2. The standard InChI is InChI=1S/C19H29NO/c1-20-14-8-13-17(21)19(20)18(15-9-4-2-5-10-15)16-11-6-3-7-12-16/h2,4-5,9-10,16-19,21H,3,6-8,11-14H2,1H3. The van der Waals surface area contributed by atoms with Gasteiger partial charge in [0.25, 0.3) is 0 Å². The van der Waals surface area contributed by atoms with Crippen LogP contribution in [0.5, 0.6) is 0 Å². The van der Waals surface area contributed by atoms with Gasteiger partial charge < -0.3 is 10.0 Å². The zero-order chi connectivity index (χ0) is 14.7. The summed E-state index contributed by atoms with van der Waals surface area (Å²) in [6, 6.07) is 11.2. The zero-order valence-electron chi connectivity index (χ0n) is 13.2. The van der Waals surface area contributed by atoms with Crippen molar-refractivity contribution in [2.24, 2.45) is 5.92 Å². The Morgan fingerprint density at radius 2 is 1.71 bits per heavy atom. The van der Waals surface area contributed by atoms with Crippen molar-refractivity contribution in [3.63, 3.8) is 0 Å². The van der Waals surface area contributed by atoms with Crippen LogP contribution in [0.2, 0.25) is 0 Å². The average molecular weight is 287 g/mol. The number of hydrogen-bond donors (Lipinski definition) is 1. The van der Waals surface area contributed by atoms with Gasteiger partial charge in [-0.05, 0) is 50.8 Å². The van der Waals surface area contributed by atoms with Gasteiger partial charge >= 0.3 is 0 Å². The van der Waals surface area contributed by atoms with Crippen molar-refractivity contribution >= 4 is 0 Å². The van der Waals surface area contributed by atoms with E-state index >= 15 is 0 Å². The van der Waals surface area contributed by atoms with Gasteiger partial charge in [-0.15, -0.1) is 0 Å². The number of nitrogens with zero attached hydrogens (tertiary/aromatic N) is 1. The lowest BCUT2D eigenvalue weighted by Crippen LogP contribution is -2.51. The molecule has 0 aromatic heterocycles. The van der Waals surface area contributed by atoms with Crippen molar-refractivity contribution in [3.05, 3.63) is 35.9 Å². The summed E-state index contributed by atoms with van der Waals surface area (Å²) in [5.41, 5.74) is 1.43. The van der Waals surface area contributed by atoms with E-state index in [1.54, 1.807) is 0 Å². The molecular formula is C19H29NO. The molecule has 3 atom stereocenters. The minimum absolute atomic E-state index is 0.170. The van der Waals surface area contributed by atoms with Gasteiger partial charge in [0.2, 0.25) is 0 Å². The van der Waals surface area contributed by atoms with Crippen molar-refractivity contribution in [1.29, 1.82) is 0 Å². The highest BCUT2D eigenvalue weighted by Gasteiger charge is 2.39. The number of rotatable bonds is 3. The Kier molecular flexibility index (Phi) is 4.97. The maximum absolute atomic E-state index is 10.7. The number of likely N-dealkylation sites (tertiary alicyclic amines) is 1. The lowest BCUT2D eigenvalue weighted by atomic mass is 9.70. The van der Waals surface area contributed by atoms with Gasteiger partial charge in [0, 0.05) is 12.0 Å². The molecule has 1 aliphatic carbocycles. The Labute approximate surface area is 129 Å². The van der Waals surface area contributed by atoms with Crippen LogP contribution in [-0.2, 0) is 0 Å². The van der Waals surface area contributed by atoms with Crippen LogP contribution in [0.15, 0.2) is 30.3 Å². The molecule has 1 saturated carbocycles. The van der Waals surface area contributed by atoms with Crippen LogP contribution in [0.25, 0.3) is 0 Å². The van der Waals surface area contributed by atoms with Crippen molar-refractivity contribution in [3.8, 4) is 0 Å². The van der Waals surface area contributed by atoms with Crippen LogP contribution in [0.4, 0.5) is 0 Å². The van der Waals surface area contributed by atoms with Crippen molar-refractivity contribution in [2.45, 2.75) is 63.0 Å². The smallest absolute Gasteiger partial charge is 0.0701 e. The van der Waals surface area contributed by atoms with Crippen molar-refractivity contribution in [2.75, 3.05) is 13.6 Å². The molecule has 0 bridgehead atoms. The molecule has 1 saturated heterocycles. The highest BCUT2D eigenvalue weighted by atomic mass is 16.3. The number of hydrogen-bond acceptors (Lipinski definition) is 2. The SMILES string of the molecule is CN1CCCC(O)C1C(c1ccccc1)C1CCCCC1. The van der Waals surface area contributed by atoms with E-state index in [1.807, 2.05) is 0 Å². The van der Waals surface area contributed by atoms with Crippen LogP contribution in [0.3, 0.4) is 0 Å². The Balaban J connectivity index is 1.90. The molecule has 2 fully saturated rings. The molecule has 3 rings (SSSR count). The van der Waals surface area contributed by atoms with E-state index in [2.05, 4.69) is 42.3 Å². The lowest BCUT2D eigenvalue weighted by Gasteiger charge is -2.45. The van der Waals surface area contributed by atoms with Crippen LogP contribution < -0.4 is 0 Å². The highest BCUT2D eigenvalue weighted by molar-refractivity contribution is 5.23. The summed E-state index contributed by atoms with van der Waals surface area (Å²) in [5.74, 6) is 1.23. The van der Waals surface area contributed by atoms with Gasteiger partial charge in [-0.25, -0.2) is 0 Å². The van der Waals surface area contributed by atoms with Crippen LogP contribution in [-0.4, -0.2) is 35.7 Å². The van der Waals surface area contributed by atoms with Crippen molar-refractivity contribution in [1.82, 2.24) is 4.90 Å². The summed E-state index contributed by atoms with van der Waals surface area (Å²) in [6.45, 7) is 1.12. The first-order chi connectivity index (χ1) is 10.3. The number of aliphatic hydroxyl groups excluding tert-OH is 1. The zero-order valence-corrected chi connectivity index (χ0v) is 13.2. The first kappa shape index (κ1) is 15.1. The van der Waals surface area contributed by atoms with E-state index in [4.69, 9.17) is 0 Å². The lowest BCUT2D eigenvalue weighted by molar-refractivity contribution is -0.00316. The maximum Gasteiger partial charge on any atom is 0.0701 e. The number of piperidine rings is 1. The third-order valence-corrected chi connectivity index (χ3v) is 5.62. The van der Waals surface area contributed by atoms with Gasteiger partial charge in [0.15, 0.2) is 0 Å². The van der Waals surface area contributed by atoms with E-state index < -0.39 is 0 Å². The van der Waals surface area contributed by atoms with Gasteiger partial charge in [0.1, 0.15) is 0 Å². The fraction of sp³-hybridized carbons (Fsp3) is 0.684. The molecule has 0 amide bonds. The van der Waals surface area contributed by atoms with E-state index in [1.165, 1.54) is 37.7 Å². The minimum atomic E-state index is -0.170. The molecule has 0 radical (unpaired) electrons. The molecule has 3 unspecified atom stereocenters. The summed E-state index contributed by atoms with van der Waals surface area (Å²) in [6.07, 6.45) is 8.69. The number of likely N-dealkylation sites (N-methyl/N-ethyl adjacent to an activating group) is 1. The Morgan fingerprint density at radius 3 is 2.38 bits per heavy atom. The largest absolute Gasteiger partial charge is 0.391 e. The second-order valence-corrected chi connectivity index (χ2v) is 7.02. The summed E-state index contributed by atoms with van der Waals surface area (Å²) in [7, 11) is 2.20. The molecular weight excluding hydrogens is 258 g/mol. The van der Waals surface area contributed by atoms with Crippen LogP contribution >= 0.6 is 0 Å². The van der Waals surface area contributed by atoms with E-state index in [0.717, 1.165) is 25.3 Å². The molecule has 116 valence electrons. The molecule has 1 aromatic carbocycles. The molecule has 2 aliphatic rings. The van der Waals surface area contributed by atoms with Crippen molar-refractivity contribution < 1.29 is 5.11 Å². The van der Waals surface area contributed by atoms with Gasteiger partial charge in [-0.1, -0.05) is 49.6 Å². The third kappa shape index (κ3) is 3.32. The molecule has 0 spiro atoms. The number of aliphatic hydroxyl groups is 1. The Bertz CT molecular complexity index is 416. The topological polar surface area (TPSA) is 23.5 Å². The summed E-state index contributed by atoms with van der Waals surface area (Å²) in [5, 5.41) is 10.7. The van der Waals surface area contributed by atoms with Crippen LogP contribution in [0, 0.1) is 5.92 Å². The van der Waals surface area contributed by atoms with Crippen LogP contribution in [0.1, 0.15) is 56.4 Å². The first-order valence-electron chi connectivity index (χ1n) is 8.70. The maximum atomic E-state index is 10.7. The predicted octanol–water partition coefficient (Wildman–Crippen LogP) is 3.81. The summed E-state index contributed by atoms with van der Waals surface area (Å²) < 4.78 is 0. The fourth-order valence-corrected chi connectivity index (χ4v) is 4.59. The second-order valence-electron chi connectivity index (χ2n) is 7.02. The van der Waals surface area contributed by atoms with Gasteiger partial charge in [-0.2, -0.15) is 0 Å². The minimum Gasteiger partial charge on any atom is -0.391 e. The molecule has 1 N–H and O–H groups in total. The van der Waals surface area contributed by atoms with E-state index in [0.29, 0.717) is 12.0 Å². The van der Waals surface area contributed by atoms with Gasteiger partial charge in [0.05, 0.1) is 6.10 Å². The first-order valence-corrected chi connectivity index (χ1v) is 8.70. The Morgan fingerprint density at radius 1 is 1.00 bits per heavy atom. The highest BCUT2D eigenvalue weighted by Crippen LogP contribution is 2.42. The fourth-order valence-electron chi connectivity index (χ4n) is 4.59. The van der Waals surface area contributed by atoms with Gasteiger partial charge in [-0.3, -0.25) is 0 Å². The summed E-state index contributed by atoms with van der Waals surface area (Å²) >= 11 is 0. The monoisotopic (exact) mass is 287 g/mol. The number of benzene rings is 1. The van der Waals surface area contributed by atoms with E-state index in [-0.39, 0.29) is 6.10 Å². The molecule has 21 heavy (non-hydrogen) atoms. The molecule has 2 heteroatoms. The van der Waals surface area contributed by atoms with E-state index in [9.17, 15) is 5.11 Å². The second kappa shape index (κ2) is 6.93. The average Bonchev–Trinajstić information content (AvgIpc) is 2.53. The molecule has 1 heterocycles. The predicted molar refractivity (Wildman–Crippen MR) is 87.4 cm³/mol.